The van der Waals surface area contributed by atoms with Crippen LogP contribution in [0, 0.1) is 5.92 Å². The van der Waals surface area contributed by atoms with Gasteiger partial charge in [0.2, 0.25) is 29.5 Å². The lowest BCUT2D eigenvalue weighted by Gasteiger charge is -2.40. The molecule has 1 saturated heterocycles. The van der Waals surface area contributed by atoms with E-state index in [1.165, 1.54) is 0 Å². The van der Waals surface area contributed by atoms with Gasteiger partial charge in [0.25, 0.3) is 0 Å². The number of nitrogens with one attached hydrogen (secondary N) is 4. The van der Waals surface area contributed by atoms with Crippen LogP contribution in [0.15, 0.2) is 60.7 Å². The number of hydrogen-bond acceptors (Lipinski definition) is 10. The van der Waals surface area contributed by atoms with E-state index in [4.69, 9.17) is 17.2 Å². The SMILES string of the molecule is CC(C)C[C@@H](NC(=O)[C@@H](Cc1ccccc1)NC(=O)[C@H](N)Cc1ccccc1)C(=O)N[C@H](CCCCN)C(=O)N1CCC(N)(C(=O)NC2CCC(B(O)O)CC2)CC1. The molecule has 0 spiro atoms. The topological polar surface area (TPSA) is 255 Å². The molecular weight excluding hydrogens is 739 g/mol. The van der Waals surface area contributed by atoms with Crippen molar-refractivity contribution in [3.63, 3.8) is 0 Å². The number of hydrogen-bond donors (Lipinski definition) is 9. The fourth-order valence-electron chi connectivity index (χ4n) is 7.76. The predicted octanol–water partition coefficient (Wildman–Crippen LogP) is 0.650. The molecule has 2 aliphatic rings. The van der Waals surface area contributed by atoms with Crippen molar-refractivity contribution >= 4 is 36.7 Å². The highest BCUT2D eigenvalue weighted by molar-refractivity contribution is 6.43. The minimum atomic E-state index is -1.37. The monoisotopic (exact) mass is 805 g/mol. The van der Waals surface area contributed by atoms with E-state index in [-0.39, 0.29) is 74.8 Å². The summed E-state index contributed by atoms with van der Waals surface area (Å²) < 4.78 is 0. The van der Waals surface area contributed by atoms with Crippen LogP contribution in [0.3, 0.4) is 0 Å². The van der Waals surface area contributed by atoms with E-state index < -0.39 is 54.5 Å². The molecule has 2 aromatic rings. The summed E-state index contributed by atoms with van der Waals surface area (Å²) in [6, 6.07) is 14.6. The van der Waals surface area contributed by atoms with Crippen LogP contribution in [0.2, 0.25) is 5.82 Å². The van der Waals surface area contributed by atoms with Gasteiger partial charge in [0.05, 0.1) is 11.6 Å². The molecule has 2 aromatic carbocycles. The van der Waals surface area contributed by atoms with Crippen molar-refractivity contribution in [3.8, 4) is 0 Å². The molecule has 0 radical (unpaired) electrons. The number of nitrogens with two attached hydrogens (primary N) is 3. The molecule has 16 heteroatoms. The van der Waals surface area contributed by atoms with Gasteiger partial charge in [0, 0.05) is 25.6 Å². The predicted molar refractivity (Wildman–Crippen MR) is 223 cm³/mol. The van der Waals surface area contributed by atoms with Crippen LogP contribution >= 0.6 is 0 Å². The third-order valence-corrected chi connectivity index (χ3v) is 11.4. The van der Waals surface area contributed by atoms with E-state index in [1.807, 2.05) is 74.5 Å². The molecule has 1 aliphatic carbocycles. The quantitative estimate of drug-likeness (QED) is 0.0668. The summed E-state index contributed by atoms with van der Waals surface area (Å²) in [5.74, 6) is -2.37. The van der Waals surface area contributed by atoms with Gasteiger partial charge in [0.15, 0.2) is 0 Å². The maximum Gasteiger partial charge on any atom is 0.454 e. The molecule has 1 aliphatic heterocycles. The minimum Gasteiger partial charge on any atom is -0.427 e. The van der Waals surface area contributed by atoms with Gasteiger partial charge in [0.1, 0.15) is 18.1 Å². The normalized spacial score (nSPS) is 19.9. The summed E-state index contributed by atoms with van der Waals surface area (Å²) in [7, 11) is -1.37. The molecule has 4 atom stereocenters. The van der Waals surface area contributed by atoms with Gasteiger partial charge >= 0.3 is 7.12 Å². The zero-order chi connectivity index (χ0) is 42.2. The Morgan fingerprint density at radius 1 is 0.776 bits per heavy atom. The van der Waals surface area contributed by atoms with Crippen LogP contribution in [0.5, 0.6) is 0 Å². The Morgan fingerprint density at radius 2 is 1.31 bits per heavy atom. The van der Waals surface area contributed by atoms with Crippen LogP contribution < -0.4 is 38.5 Å². The average molecular weight is 805 g/mol. The van der Waals surface area contributed by atoms with Crippen molar-refractivity contribution < 1.29 is 34.0 Å². The van der Waals surface area contributed by atoms with Crippen molar-refractivity contribution in [3.05, 3.63) is 71.8 Å². The first-order valence-corrected chi connectivity index (χ1v) is 20.9. The highest BCUT2D eigenvalue weighted by atomic mass is 16.4. The van der Waals surface area contributed by atoms with Crippen molar-refractivity contribution in [2.75, 3.05) is 19.6 Å². The number of piperidine rings is 1. The maximum absolute atomic E-state index is 14.1. The molecule has 0 bridgehead atoms. The average Bonchev–Trinajstić information content (AvgIpc) is 3.20. The molecule has 318 valence electrons. The van der Waals surface area contributed by atoms with Gasteiger partial charge in [-0.05, 0) is 87.2 Å². The molecule has 1 heterocycles. The van der Waals surface area contributed by atoms with Gasteiger partial charge in [-0.1, -0.05) is 87.4 Å². The van der Waals surface area contributed by atoms with Crippen LogP contribution in [-0.4, -0.2) is 107 Å². The lowest BCUT2D eigenvalue weighted by molar-refractivity contribution is -0.141. The van der Waals surface area contributed by atoms with Gasteiger partial charge in [-0.2, -0.15) is 0 Å². The molecule has 4 rings (SSSR count). The highest BCUT2D eigenvalue weighted by Crippen LogP contribution is 2.31. The Kier molecular flexibility index (Phi) is 18.1. The third kappa shape index (κ3) is 14.2. The second-order valence-corrected chi connectivity index (χ2v) is 16.6. The first-order chi connectivity index (χ1) is 27.7. The van der Waals surface area contributed by atoms with Gasteiger partial charge in [-0.15, -0.1) is 0 Å². The Hall–Kier alpha value is -4.35. The Morgan fingerprint density at radius 3 is 1.86 bits per heavy atom. The molecule has 0 aromatic heterocycles. The zero-order valence-electron chi connectivity index (χ0n) is 34.1. The highest BCUT2D eigenvalue weighted by Gasteiger charge is 2.42. The number of benzene rings is 2. The first-order valence-electron chi connectivity index (χ1n) is 20.9. The minimum absolute atomic E-state index is 0.00821. The molecule has 0 unspecified atom stereocenters. The van der Waals surface area contributed by atoms with Crippen LogP contribution in [0.4, 0.5) is 0 Å². The van der Waals surface area contributed by atoms with Gasteiger partial charge < -0.3 is 53.4 Å². The molecule has 58 heavy (non-hydrogen) atoms. The number of unbranched alkanes of at least 4 members (excludes halogenated alkanes) is 1. The molecule has 5 amide bonds. The number of carbonyl (C=O) groups is 5. The zero-order valence-corrected chi connectivity index (χ0v) is 34.1. The number of rotatable bonds is 20. The Balaban J connectivity index is 1.42. The van der Waals surface area contributed by atoms with Crippen molar-refractivity contribution in [2.24, 2.45) is 23.1 Å². The molecule has 15 nitrogen and oxygen atoms in total. The summed E-state index contributed by atoms with van der Waals surface area (Å²) >= 11 is 0. The van der Waals surface area contributed by atoms with E-state index in [9.17, 15) is 34.0 Å². The Bertz CT molecular complexity index is 1620. The molecule has 1 saturated carbocycles. The first kappa shape index (κ1) is 46.3. The van der Waals surface area contributed by atoms with Crippen molar-refractivity contribution in [1.29, 1.82) is 0 Å². The fraction of sp³-hybridized carbons (Fsp3) is 0.595. The Labute approximate surface area is 343 Å². The number of amides is 5. The van der Waals surface area contributed by atoms with Crippen LogP contribution in [0.25, 0.3) is 0 Å². The fourth-order valence-corrected chi connectivity index (χ4v) is 7.76. The van der Waals surface area contributed by atoms with Crippen LogP contribution in [-0.2, 0) is 36.8 Å². The van der Waals surface area contributed by atoms with E-state index >= 15 is 0 Å². The molecule has 12 N–H and O–H groups in total. The van der Waals surface area contributed by atoms with Crippen molar-refractivity contribution in [1.82, 2.24) is 26.2 Å². The molecule has 2 fully saturated rings. The van der Waals surface area contributed by atoms with Gasteiger partial charge in [-0.25, -0.2) is 0 Å². The van der Waals surface area contributed by atoms with E-state index in [2.05, 4.69) is 21.3 Å². The van der Waals surface area contributed by atoms with E-state index in [1.54, 1.807) is 4.90 Å². The number of likely N-dealkylation sites (tertiary alicyclic amines) is 1. The number of carbonyl (C=O) groups excluding carboxylic acids is 5. The number of nitrogens with zero attached hydrogens (tertiary/aromatic N) is 1. The molecular formula is C42H65BN8O7. The van der Waals surface area contributed by atoms with E-state index in [0.717, 1.165) is 11.1 Å². The maximum atomic E-state index is 14.1. The second-order valence-electron chi connectivity index (χ2n) is 16.6. The second kappa shape index (κ2) is 22.7. The summed E-state index contributed by atoms with van der Waals surface area (Å²) in [5.41, 5.74) is 19.2. The summed E-state index contributed by atoms with van der Waals surface area (Å²) in [6.07, 6.45) is 5.17. The van der Waals surface area contributed by atoms with Crippen molar-refractivity contribution in [2.45, 2.75) is 132 Å². The standard InChI is InChI=1S/C42H65BN8O7/c1-28(2)25-35(50-39(54)36(27-30-13-7-4-8-14-30)49-37(52)33(45)26-29-11-5-3-6-12-29)38(53)48-34(15-9-10-22-44)40(55)51-23-20-42(46,21-24-51)41(56)47-32-18-16-31(17-19-32)43(57)58/h3-8,11-14,28,31-36,57-58H,9-10,15-27,44-46H2,1-2H3,(H,47,56)(H,48,53)(H,49,52)(H,50,54)/t31?,32?,33-,34-,35-,36-/m1/s1. The summed E-state index contributed by atoms with van der Waals surface area (Å²) in [4.78, 5) is 70.5. The van der Waals surface area contributed by atoms with E-state index in [0.29, 0.717) is 51.5 Å². The van der Waals surface area contributed by atoms with Crippen LogP contribution in [0.1, 0.15) is 89.2 Å². The lowest BCUT2D eigenvalue weighted by atomic mass is 9.64. The summed E-state index contributed by atoms with van der Waals surface area (Å²) in [6.45, 7) is 4.70. The van der Waals surface area contributed by atoms with Gasteiger partial charge in [-0.3, -0.25) is 24.0 Å². The smallest absolute Gasteiger partial charge is 0.427 e. The largest absolute Gasteiger partial charge is 0.454 e. The lowest BCUT2D eigenvalue weighted by Crippen LogP contribution is -2.63. The third-order valence-electron chi connectivity index (χ3n) is 11.4. The summed E-state index contributed by atoms with van der Waals surface area (Å²) in [5, 5.41) is 30.7.